The maximum atomic E-state index is 11.5. The molecule has 1 N–H and O–H groups in total. The summed E-state index contributed by atoms with van der Waals surface area (Å²) in [6.07, 6.45) is 0. The number of rotatable bonds is 4. The van der Waals surface area contributed by atoms with Crippen molar-refractivity contribution in [3.63, 3.8) is 0 Å². The Morgan fingerprint density at radius 3 is 2.64 bits per heavy atom. The molecule has 0 aliphatic carbocycles. The first-order valence-corrected chi connectivity index (χ1v) is 7.22. The molecule has 0 spiro atoms. The van der Waals surface area contributed by atoms with Crippen molar-refractivity contribution in [2.45, 2.75) is 13.0 Å². The first kappa shape index (κ1) is 14.5. The van der Waals surface area contributed by atoms with E-state index in [1.54, 1.807) is 0 Å². The lowest BCUT2D eigenvalue weighted by Gasteiger charge is -2.24. The first-order valence-electron chi connectivity index (χ1n) is 7.22. The number of ether oxygens (including phenoxy) is 1. The molecule has 1 fully saturated rings. The van der Waals surface area contributed by atoms with Crippen molar-refractivity contribution in [1.82, 2.24) is 15.5 Å². The molecule has 0 radical (unpaired) electrons. The van der Waals surface area contributed by atoms with Crippen molar-refractivity contribution in [3.05, 3.63) is 41.8 Å². The second-order valence-corrected chi connectivity index (χ2v) is 5.07. The van der Waals surface area contributed by atoms with Crippen LogP contribution in [0.1, 0.15) is 24.4 Å². The molecular formula is C15H18N4O3. The third kappa shape index (κ3) is 3.25. The smallest absolute Gasteiger partial charge is 0.318 e. The highest BCUT2D eigenvalue weighted by Crippen LogP contribution is 2.24. The third-order valence-corrected chi connectivity index (χ3v) is 3.44. The lowest BCUT2D eigenvalue weighted by Crippen LogP contribution is -2.36. The number of carbonyl (C=O) groups excluding carboxylic acids is 1. The number of nitrogens with zero attached hydrogens (tertiary/aromatic N) is 3. The Morgan fingerprint density at radius 2 is 1.95 bits per heavy atom. The molecule has 1 atom stereocenters. The number of aromatic nitrogens is 2. The molecule has 1 amide bonds. The minimum absolute atomic E-state index is 0.153. The molecule has 3 rings (SSSR count). The second-order valence-electron chi connectivity index (χ2n) is 5.07. The van der Waals surface area contributed by atoms with Crippen LogP contribution in [0.2, 0.25) is 0 Å². The van der Waals surface area contributed by atoms with Gasteiger partial charge in [-0.1, -0.05) is 35.4 Å². The Kier molecular flexibility index (Phi) is 4.34. The standard InChI is InChI=1S/C15H18N4O3/c1-11(20)16-13(12-5-3-2-4-6-12)14-17-18-15(22-14)19-7-9-21-10-8-19/h2-6,13H,7-10H2,1H3,(H,16,20). The number of anilines is 1. The Balaban J connectivity index is 1.85. The predicted molar refractivity (Wildman–Crippen MR) is 79.4 cm³/mol. The van der Waals surface area contributed by atoms with E-state index in [1.165, 1.54) is 6.92 Å². The molecule has 22 heavy (non-hydrogen) atoms. The summed E-state index contributed by atoms with van der Waals surface area (Å²) < 4.78 is 11.1. The minimum Gasteiger partial charge on any atom is -0.405 e. The van der Waals surface area contributed by atoms with Crippen molar-refractivity contribution < 1.29 is 13.9 Å². The van der Waals surface area contributed by atoms with Gasteiger partial charge in [-0.2, -0.15) is 0 Å². The fourth-order valence-corrected chi connectivity index (χ4v) is 2.36. The van der Waals surface area contributed by atoms with E-state index in [9.17, 15) is 4.79 Å². The largest absolute Gasteiger partial charge is 0.405 e. The SMILES string of the molecule is CC(=O)NC(c1ccccc1)c1nnc(N2CCOCC2)o1. The molecule has 7 nitrogen and oxygen atoms in total. The van der Waals surface area contributed by atoms with Crippen LogP contribution < -0.4 is 10.2 Å². The molecule has 1 aliphatic heterocycles. The van der Waals surface area contributed by atoms with Crippen molar-refractivity contribution in [1.29, 1.82) is 0 Å². The van der Waals surface area contributed by atoms with Crippen LogP contribution in [0.3, 0.4) is 0 Å². The average molecular weight is 302 g/mol. The molecular weight excluding hydrogens is 284 g/mol. The van der Waals surface area contributed by atoms with E-state index < -0.39 is 6.04 Å². The van der Waals surface area contributed by atoms with Crippen LogP contribution in [0, 0.1) is 0 Å². The van der Waals surface area contributed by atoms with Gasteiger partial charge in [0.05, 0.1) is 13.2 Å². The summed E-state index contributed by atoms with van der Waals surface area (Å²) in [4.78, 5) is 13.5. The Bertz CT molecular complexity index is 623. The van der Waals surface area contributed by atoms with E-state index in [4.69, 9.17) is 9.15 Å². The van der Waals surface area contributed by atoms with Gasteiger partial charge in [0.15, 0.2) is 0 Å². The lowest BCUT2D eigenvalue weighted by atomic mass is 10.1. The van der Waals surface area contributed by atoms with Crippen LogP contribution in [0.15, 0.2) is 34.7 Å². The molecule has 1 aromatic heterocycles. The van der Waals surface area contributed by atoms with Crippen LogP contribution >= 0.6 is 0 Å². The zero-order valence-corrected chi connectivity index (χ0v) is 12.4. The Morgan fingerprint density at radius 1 is 1.23 bits per heavy atom. The molecule has 116 valence electrons. The Labute approximate surface area is 128 Å². The van der Waals surface area contributed by atoms with E-state index in [1.807, 2.05) is 35.2 Å². The van der Waals surface area contributed by atoms with E-state index in [2.05, 4.69) is 15.5 Å². The van der Waals surface area contributed by atoms with Crippen molar-refractivity contribution in [2.75, 3.05) is 31.2 Å². The number of carbonyl (C=O) groups is 1. The van der Waals surface area contributed by atoms with Gasteiger partial charge in [-0.3, -0.25) is 4.79 Å². The molecule has 1 unspecified atom stereocenters. The number of benzene rings is 1. The molecule has 2 heterocycles. The zero-order chi connectivity index (χ0) is 15.4. The summed E-state index contributed by atoms with van der Waals surface area (Å²) >= 11 is 0. The minimum atomic E-state index is -0.444. The molecule has 0 bridgehead atoms. The van der Waals surface area contributed by atoms with Crippen molar-refractivity contribution in [2.24, 2.45) is 0 Å². The van der Waals surface area contributed by atoms with E-state index in [0.29, 0.717) is 25.1 Å². The predicted octanol–water partition coefficient (Wildman–Crippen LogP) is 1.13. The van der Waals surface area contributed by atoms with Gasteiger partial charge >= 0.3 is 6.01 Å². The van der Waals surface area contributed by atoms with Crippen molar-refractivity contribution >= 4 is 11.9 Å². The number of hydrogen-bond donors (Lipinski definition) is 1. The molecule has 2 aromatic rings. The second kappa shape index (κ2) is 6.57. The summed E-state index contributed by atoms with van der Waals surface area (Å²) in [7, 11) is 0. The molecule has 0 saturated carbocycles. The van der Waals surface area contributed by atoms with Gasteiger partial charge in [0.25, 0.3) is 0 Å². The van der Waals surface area contributed by atoms with E-state index in [0.717, 1.165) is 18.7 Å². The van der Waals surface area contributed by atoms with Gasteiger partial charge in [-0.05, 0) is 5.56 Å². The van der Waals surface area contributed by atoms with Crippen LogP contribution in [0.5, 0.6) is 0 Å². The summed E-state index contributed by atoms with van der Waals surface area (Å²) in [6.45, 7) is 4.20. The van der Waals surface area contributed by atoms with E-state index >= 15 is 0 Å². The van der Waals surface area contributed by atoms with E-state index in [-0.39, 0.29) is 5.91 Å². The Hall–Kier alpha value is -2.41. The van der Waals surface area contributed by atoms with Crippen LogP contribution in [0.25, 0.3) is 0 Å². The van der Waals surface area contributed by atoms with Gasteiger partial charge in [0.2, 0.25) is 11.8 Å². The number of morpholine rings is 1. The topological polar surface area (TPSA) is 80.5 Å². The number of nitrogens with one attached hydrogen (secondary N) is 1. The maximum Gasteiger partial charge on any atom is 0.318 e. The van der Waals surface area contributed by atoms with Gasteiger partial charge in [-0.15, -0.1) is 5.10 Å². The van der Waals surface area contributed by atoms with Gasteiger partial charge in [-0.25, -0.2) is 0 Å². The monoisotopic (exact) mass is 302 g/mol. The van der Waals surface area contributed by atoms with Gasteiger partial charge in [0.1, 0.15) is 6.04 Å². The molecule has 7 heteroatoms. The molecule has 1 saturated heterocycles. The summed E-state index contributed by atoms with van der Waals surface area (Å²) in [5.74, 6) is 0.225. The summed E-state index contributed by atoms with van der Waals surface area (Å²) in [6, 6.07) is 9.58. The summed E-state index contributed by atoms with van der Waals surface area (Å²) in [5, 5.41) is 11.1. The highest BCUT2D eigenvalue weighted by atomic mass is 16.5. The lowest BCUT2D eigenvalue weighted by molar-refractivity contribution is -0.119. The highest BCUT2D eigenvalue weighted by Gasteiger charge is 2.24. The highest BCUT2D eigenvalue weighted by molar-refractivity contribution is 5.73. The van der Waals surface area contributed by atoms with Crippen LogP contribution in [-0.2, 0) is 9.53 Å². The third-order valence-electron chi connectivity index (χ3n) is 3.44. The molecule has 1 aliphatic rings. The number of amides is 1. The summed E-state index contributed by atoms with van der Waals surface area (Å²) in [5.41, 5.74) is 0.898. The molecule has 1 aromatic carbocycles. The quantitative estimate of drug-likeness (QED) is 0.912. The fourth-order valence-electron chi connectivity index (χ4n) is 2.36. The van der Waals surface area contributed by atoms with Crippen LogP contribution in [-0.4, -0.2) is 42.4 Å². The average Bonchev–Trinajstić information content (AvgIpc) is 3.04. The normalized spacial score (nSPS) is 16.3. The van der Waals surface area contributed by atoms with Gasteiger partial charge in [0, 0.05) is 20.0 Å². The zero-order valence-electron chi connectivity index (χ0n) is 12.4. The van der Waals surface area contributed by atoms with Crippen molar-refractivity contribution in [3.8, 4) is 0 Å². The fraction of sp³-hybridized carbons (Fsp3) is 0.400. The van der Waals surface area contributed by atoms with Gasteiger partial charge < -0.3 is 19.4 Å². The van der Waals surface area contributed by atoms with Crippen LogP contribution in [0.4, 0.5) is 6.01 Å². The maximum absolute atomic E-state index is 11.5. The first-order chi connectivity index (χ1) is 10.7. The number of hydrogen-bond acceptors (Lipinski definition) is 6.